The van der Waals surface area contributed by atoms with E-state index >= 15 is 0 Å². The second-order valence-electron chi connectivity index (χ2n) is 5.84. The number of hydrogen-bond acceptors (Lipinski definition) is 1. The van der Waals surface area contributed by atoms with E-state index in [1.165, 1.54) is 27.9 Å². The molecule has 1 heterocycles. The molecule has 0 unspecified atom stereocenters. The molecule has 0 atom stereocenters. The summed E-state index contributed by atoms with van der Waals surface area (Å²) in [6.45, 7) is 5.60. The molecule has 2 aromatic rings. The lowest BCUT2D eigenvalue weighted by atomic mass is 9.98. The normalized spacial score (nSPS) is 13.4. The van der Waals surface area contributed by atoms with E-state index in [0.29, 0.717) is 0 Å². The van der Waals surface area contributed by atoms with Crippen LogP contribution in [0.25, 0.3) is 11.1 Å². The molecule has 0 bridgehead atoms. The Hall–Kier alpha value is -1.76. The van der Waals surface area contributed by atoms with E-state index < -0.39 is 0 Å². The topological polar surface area (TPSA) is 12.0 Å². The van der Waals surface area contributed by atoms with Gasteiger partial charge in [-0.25, -0.2) is 0 Å². The quantitative estimate of drug-likeness (QED) is 0.845. The van der Waals surface area contributed by atoms with E-state index in [-0.39, 0.29) is 0 Å². The van der Waals surface area contributed by atoms with Gasteiger partial charge in [-0.05, 0) is 47.1 Å². The molecule has 1 heteroatoms. The van der Waals surface area contributed by atoms with Crippen molar-refractivity contribution in [1.29, 1.82) is 0 Å². The summed E-state index contributed by atoms with van der Waals surface area (Å²) in [6.07, 6.45) is 2.31. The van der Waals surface area contributed by atoms with Crippen molar-refractivity contribution in [3.05, 3.63) is 53.6 Å². The molecule has 0 aliphatic carbocycles. The number of anilines is 1. The van der Waals surface area contributed by atoms with Crippen molar-refractivity contribution in [3.63, 3.8) is 0 Å². The molecule has 1 aliphatic heterocycles. The van der Waals surface area contributed by atoms with Crippen molar-refractivity contribution in [2.75, 3.05) is 11.9 Å². The van der Waals surface area contributed by atoms with E-state index in [2.05, 4.69) is 61.6 Å². The van der Waals surface area contributed by atoms with Gasteiger partial charge in [-0.2, -0.15) is 0 Å². The Balaban J connectivity index is 1.86. The molecular formula is C18H21N. The van der Waals surface area contributed by atoms with Crippen molar-refractivity contribution >= 4 is 5.69 Å². The summed E-state index contributed by atoms with van der Waals surface area (Å²) in [5.41, 5.74) is 6.80. The number of fused-ring (bicyclic) bond motifs is 1. The summed E-state index contributed by atoms with van der Waals surface area (Å²) >= 11 is 0. The zero-order valence-corrected chi connectivity index (χ0v) is 11.7. The summed E-state index contributed by atoms with van der Waals surface area (Å²) in [7, 11) is 0. The third-order valence-electron chi connectivity index (χ3n) is 3.75. The van der Waals surface area contributed by atoms with Gasteiger partial charge in [0, 0.05) is 12.2 Å². The predicted molar refractivity (Wildman–Crippen MR) is 82.6 cm³/mol. The Kier molecular flexibility index (Phi) is 3.29. The highest BCUT2D eigenvalue weighted by Crippen LogP contribution is 2.29. The number of rotatable bonds is 3. The van der Waals surface area contributed by atoms with Crippen LogP contribution in [0, 0.1) is 5.92 Å². The fourth-order valence-electron chi connectivity index (χ4n) is 2.78. The van der Waals surface area contributed by atoms with Crippen LogP contribution < -0.4 is 5.32 Å². The van der Waals surface area contributed by atoms with Gasteiger partial charge < -0.3 is 5.32 Å². The minimum atomic E-state index is 0.718. The van der Waals surface area contributed by atoms with Gasteiger partial charge >= 0.3 is 0 Å². The first-order valence-corrected chi connectivity index (χ1v) is 7.18. The lowest BCUT2D eigenvalue weighted by molar-refractivity contribution is 0.647. The minimum absolute atomic E-state index is 0.718. The van der Waals surface area contributed by atoms with Crippen LogP contribution in [0.3, 0.4) is 0 Å². The van der Waals surface area contributed by atoms with Crippen LogP contribution in [-0.2, 0) is 12.8 Å². The van der Waals surface area contributed by atoms with Crippen molar-refractivity contribution in [3.8, 4) is 11.1 Å². The first-order valence-electron chi connectivity index (χ1n) is 7.18. The second-order valence-corrected chi connectivity index (χ2v) is 5.84. The maximum Gasteiger partial charge on any atom is 0.0379 e. The van der Waals surface area contributed by atoms with Gasteiger partial charge in [0.15, 0.2) is 0 Å². The van der Waals surface area contributed by atoms with Crippen LogP contribution in [0.1, 0.15) is 25.0 Å². The third-order valence-corrected chi connectivity index (χ3v) is 3.75. The van der Waals surface area contributed by atoms with Crippen molar-refractivity contribution in [1.82, 2.24) is 0 Å². The Bertz CT molecular complexity index is 567. The molecule has 1 nitrogen and oxygen atoms in total. The highest BCUT2D eigenvalue weighted by atomic mass is 14.9. The van der Waals surface area contributed by atoms with Gasteiger partial charge in [-0.15, -0.1) is 0 Å². The fourth-order valence-corrected chi connectivity index (χ4v) is 2.78. The molecule has 1 aliphatic rings. The Morgan fingerprint density at radius 2 is 1.74 bits per heavy atom. The second kappa shape index (κ2) is 5.08. The molecule has 2 aromatic carbocycles. The monoisotopic (exact) mass is 251 g/mol. The Labute approximate surface area is 115 Å². The summed E-state index contributed by atoms with van der Waals surface area (Å²) in [6, 6.07) is 15.8. The molecule has 98 valence electrons. The van der Waals surface area contributed by atoms with E-state index in [1.54, 1.807) is 0 Å². The molecule has 3 rings (SSSR count). The highest BCUT2D eigenvalue weighted by molar-refractivity contribution is 5.71. The summed E-state index contributed by atoms with van der Waals surface area (Å²) in [5.74, 6) is 0.718. The molecule has 0 spiro atoms. The Morgan fingerprint density at radius 1 is 1.00 bits per heavy atom. The summed E-state index contributed by atoms with van der Waals surface area (Å²) in [5, 5.41) is 3.45. The van der Waals surface area contributed by atoms with Gasteiger partial charge in [0.05, 0.1) is 0 Å². The lowest BCUT2D eigenvalue weighted by Crippen LogP contribution is -1.93. The number of hydrogen-bond donors (Lipinski definition) is 1. The number of benzene rings is 2. The van der Waals surface area contributed by atoms with Gasteiger partial charge in [0.1, 0.15) is 0 Å². The largest absolute Gasteiger partial charge is 0.384 e. The van der Waals surface area contributed by atoms with E-state index in [4.69, 9.17) is 0 Å². The summed E-state index contributed by atoms with van der Waals surface area (Å²) in [4.78, 5) is 0. The van der Waals surface area contributed by atoms with Gasteiger partial charge in [-0.3, -0.25) is 0 Å². The number of nitrogens with one attached hydrogen (secondary N) is 1. The zero-order valence-electron chi connectivity index (χ0n) is 11.7. The average Bonchev–Trinajstić information content (AvgIpc) is 2.86. The fraction of sp³-hybridized carbons (Fsp3) is 0.333. The molecule has 0 saturated heterocycles. The zero-order chi connectivity index (χ0) is 13.2. The van der Waals surface area contributed by atoms with Crippen LogP contribution in [0.4, 0.5) is 5.69 Å². The van der Waals surface area contributed by atoms with E-state index in [1.807, 2.05) is 0 Å². The average molecular weight is 251 g/mol. The first-order chi connectivity index (χ1) is 9.22. The van der Waals surface area contributed by atoms with Gasteiger partial charge in [0.2, 0.25) is 0 Å². The lowest BCUT2D eigenvalue weighted by Gasteiger charge is -2.08. The predicted octanol–water partition coefficient (Wildman–Crippen LogP) is 4.52. The molecule has 0 fully saturated rings. The van der Waals surface area contributed by atoms with Crippen molar-refractivity contribution in [2.24, 2.45) is 5.92 Å². The van der Waals surface area contributed by atoms with Crippen LogP contribution in [0.5, 0.6) is 0 Å². The van der Waals surface area contributed by atoms with Gasteiger partial charge in [-0.1, -0.05) is 50.2 Å². The molecule has 0 radical (unpaired) electrons. The Morgan fingerprint density at radius 3 is 2.47 bits per heavy atom. The van der Waals surface area contributed by atoms with Crippen molar-refractivity contribution < 1.29 is 0 Å². The van der Waals surface area contributed by atoms with Crippen LogP contribution in [0.2, 0.25) is 0 Å². The smallest absolute Gasteiger partial charge is 0.0379 e. The molecule has 0 amide bonds. The van der Waals surface area contributed by atoms with Crippen LogP contribution in [0.15, 0.2) is 42.5 Å². The molecule has 0 aromatic heterocycles. The van der Waals surface area contributed by atoms with E-state index in [0.717, 1.165) is 25.3 Å². The van der Waals surface area contributed by atoms with Crippen molar-refractivity contribution in [2.45, 2.75) is 26.7 Å². The van der Waals surface area contributed by atoms with Crippen LogP contribution in [-0.4, -0.2) is 6.54 Å². The molecule has 19 heavy (non-hydrogen) atoms. The van der Waals surface area contributed by atoms with E-state index in [9.17, 15) is 0 Å². The SMILES string of the molecule is CC(C)Cc1ccc(-c2ccc3c(c2)NCC3)cc1. The van der Waals surface area contributed by atoms with Crippen LogP contribution >= 0.6 is 0 Å². The highest BCUT2D eigenvalue weighted by Gasteiger charge is 2.10. The third kappa shape index (κ3) is 2.65. The first kappa shape index (κ1) is 12.3. The summed E-state index contributed by atoms with van der Waals surface area (Å²) < 4.78 is 0. The maximum absolute atomic E-state index is 3.45. The maximum atomic E-state index is 3.45. The molecular weight excluding hydrogens is 230 g/mol. The molecule has 0 saturated carbocycles. The van der Waals surface area contributed by atoms with Gasteiger partial charge in [0.25, 0.3) is 0 Å². The standard InChI is InChI=1S/C18H21N/c1-13(2)11-14-3-5-15(6-4-14)17-8-7-16-9-10-19-18(16)12-17/h3-8,12-13,19H,9-11H2,1-2H3. The molecule has 1 N–H and O–H groups in total. The minimum Gasteiger partial charge on any atom is -0.384 e.